The van der Waals surface area contributed by atoms with Gasteiger partial charge in [-0.3, -0.25) is 4.79 Å². The molecule has 2 nitrogen and oxygen atoms in total. The second kappa shape index (κ2) is 12.9. The van der Waals surface area contributed by atoms with Crippen LogP contribution in [0.1, 0.15) is 90.9 Å². The molecule has 0 aromatic heterocycles. The van der Waals surface area contributed by atoms with Gasteiger partial charge in [-0.2, -0.15) is 0 Å². The Bertz CT molecular complexity index is 190. The Hall–Kier alpha value is -0.530. The lowest BCUT2D eigenvalue weighted by atomic mass is 9.92. The molecule has 1 unspecified atom stereocenters. The molecule has 0 aliphatic carbocycles. The molecule has 0 saturated carbocycles. The van der Waals surface area contributed by atoms with E-state index in [9.17, 15) is 4.79 Å². The molecule has 0 fully saturated rings. The third-order valence-electron chi connectivity index (χ3n) is 3.80. The number of aliphatic carboxylic acids is 1. The fraction of sp³-hybridized carbons (Fsp3) is 0.938. The Labute approximate surface area is 113 Å². The normalized spacial score (nSPS) is 12.6. The van der Waals surface area contributed by atoms with E-state index in [2.05, 4.69) is 13.8 Å². The van der Waals surface area contributed by atoms with Crippen molar-refractivity contribution < 1.29 is 9.90 Å². The molecule has 0 aromatic carbocycles. The van der Waals surface area contributed by atoms with Gasteiger partial charge in [0.2, 0.25) is 0 Å². The maximum absolute atomic E-state index is 10.4. The minimum Gasteiger partial charge on any atom is -0.481 e. The summed E-state index contributed by atoms with van der Waals surface area (Å²) in [7, 11) is 0. The molecule has 0 aliphatic rings. The molecule has 18 heavy (non-hydrogen) atoms. The van der Waals surface area contributed by atoms with Gasteiger partial charge < -0.3 is 5.11 Å². The number of carboxylic acids is 1. The van der Waals surface area contributed by atoms with Crippen molar-refractivity contribution in [2.24, 2.45) is 5.92 Å². The van der Waals surface area contributed by atoms with Crippen LogP contribution in [0, 0.1) is 5.92 Å². The summed E-state index contributed by atoms with van der Waals surface area (Å²) in [6.45, 7) is 4.52. The van der Waals surface area contributed by atoms with Crippen LogP contribution in [0.25, 0.3) is 0 Å². The van der Waals surface area contributed by atoms with E-state index in [1.54, 1.807) is 0 Å². The molecule has 0 aliphatic heterocycles. The van der Waals surface area contributed by atoms with Crippen LogP contribution in [-0.4, -0.2) is 11.1 Å². The average Bonchev–Trinajstić information content (AvgIpc) is 2.35. The Morgan fingerprint density at radius 2 is 1.44 bits per heavy atom. The zero-order valence-corrected chi connectivity index (χ0v) is 12.4. The summed E-state index contributed by atoms with van der Waals surface area (Å²) in [5, 5.41) is 8.58. The van der Waals surface area contributed by atoms with E-state index in [-0.39, 0.29) is 0 Å². The van der Waals surface area contributed by atoms with Gasteiger partial charge in [0.05, 0.1) is 0 Å². The van der Waals surface area contributed by atoms with E-state index in [0.717, 1.165) is 18.8 Å². The minimum absolute atomic E-state index is 0.341. The van der Waals surface area contributed by atoms with Crippen molar-refractivity contribution in [1.29, 1.82) is 0 Å². The highest BCUT2D eigenvalue weighted by Gasteiger charge is 2.06. The van der Waals surface area contributed by atoms with Crippen molar-refractivity contribution in [3.05, 3.63) is 0 Å². The molecule has 0 saturated heterocycles. The molecular weight excluding hydrogens is 224 g/mol. The predicted molar refractivity (Wildman–Crippen MR) is 77.9 cm³/mol. The fourth-order valence-corrected chi connectivity index (χ4v) is 2.48. The van der Waals surface area contributed by atoms with Crippen LogP contribution >= 0.6 is 0 Å². The topological polar surface area (TPSA) is 37.3 Å². The number of carboxylic acid groups (broad SMARTS) is 1. The molecule has 0 heterocycles. The summed E-state index contributed by atoms with van der Waals surface area (Å²) >= 11 is 0. The zero-order valence-electron chi connectivity index (χ0n) is 12.4. The van der Waals surface area contributed by atoms with Crippen molar-refractivity contribution in [1.82, 2.24) is 0 Å². The van der Waals surface area contributed by atoms with E-state index in [1.165, 1.54) is 57.8 Å². The largest absolute Gasteiger partial charge is 0.481 e. The number of unbranched alkanes of at least 4 members (excludes halogenated alkanes) is 6. The summed E-state index contributed by atoms with van der Waals surface area (Å²) < 4.78 is 0. The molecule has 2 heteroatoms. The Balaban J connectivity index is 3.37. The van der Waals surface area contributed by atoms with Crippen molar-refractivity contribution >= 4 is 5.97 Å². The maximum atomic E-state index is 10.4. The van der Waals surface area contributed by atoms with Crippen LogP contribution < -0.4 is 0 Å². The Kier molecular flexibility index (Phi) is 12.5. The molecule has 1 atom stereocenters. The van der Waals surface area contributed by atoms with Crippen LogP contribution in [0.2, 0.25) is 0 Å². The molecule has 0 bridgehead atoms. The highest BCUT2D eigenvalue weighted by molar-refractivity contribution is 5.66. The van der Waals surface area contributed by atoms with Crippen LogP contribution in [0.15, 0.2) is 0 Å². The number of rotatable bonds is 13. The summed E-state index contributed by atoms with van der Waals surface area (Å²) in [5.41, 5.74) is 0. The Morgan fingerprint density at radius 1 is 0.889 bits per heavy atom. The van der Waals surface area contributed by atoms with Gasteiger partial charge in [-0.1, -0.05) is 78.1 Å². The van der Waals surface area contributed by atoms with Gasteiger partial charge in [0.1, 0.15) is 0 Å². The van der Waals surface area contributed by atoms with Crippen molar-refractivity contribution in [3.63, 3.8) is 0 Å². The molecule has 0 amide bonds. The fourth-order valence-electron chi connectivity index (χ4n) is 2.48. The lowest BCUT2D eigenvalue weighted by molar-refractivity contribution is -0.137. The van der Waals surface area contributed by atoms with Crippen molar-refractivity contribution in [2.75, 3.05) is 0 Å². The van der Waals surface area contributed by atoms with Gasteiger partial charge in [-0.25, -0.2) is 0 Å². The first kappa shape index (κ1) is 17.5. The third-order valence-corrected chi connectivity index (χ3v) is 3.80. The van der Waals surface area contributed by atoms with E-state index >= 15 is 0 Å². The van der Waals surface area contributed by atoms with E-state index in [1.807, 2.05) is 0 Å². The second-order valence-corrected chi connectivity index (χ2v) is 5.47. The van der Waals surface area contributed by atoms with E-state index in [0.29, 0.717) is 6.42 Å². The van der Waals surface area contributed by atoms with Gasteiger partial charge in [0.15, 0.2) is 0 Å². The van der Waals surface area contributed by atoms with Crippen LogP contribution in [0.5, 0.6) is 0 Å². The van der Waals surface area contributed by atoms with Crippen LogP contribution in [-0.2, 0) is 4.79 Å². The lowest BCUT2D eigenvalue weighted by Crippen LogP contribution is -2.00. The standard InChI is InChI=1S/C16H32O2/c1-3-5-6-7-8-9-12-15(4-2)13-10-11-14-16(17)18/h15H,3-14H2,1-2H3,(H,17,18). The number of carbonyl (C=O) groups is 1. The summed E-state index contributed by atoms with van der Waals surface area (Å²) in [6, 6.07) is 0. The molecule has 0 rings (SSSR count). The predicted octanol–water partition coefficient (Wildman–Crippen LogP) is 5.41. The third kappa shape index (κ3) is 11.9. The maximum Gasteiger partial charge on any atom is 0.303 e. The SMILES string of the molecule is CCCCCCCCC(CC)CCCCC(=O)O. The molecule has 0 aromatic rings. The lowest BCUT2D eigenvalue weighted by Gasteiger charge is -2.14. The molecule has 0 radical (unpaired) electrons. The zero-order chi connectivity index (χ0) is 13.6. The van der Waals surface area contributed by atoms with Crippen LogP contribution in [0.3, 0.4) is 0 Å². The molecule has 108 valence electrons. The average molecular weight is 256 g/mol. The first-order valence-electron chi connectivity index (χ1n) is 7.92. The number of hydrogen-bond acceptors (Lipinski definition) is 1. The molecule has 0 spiro atoms. The first-order chi connectivity index (χ1) is 8.70. The molecule has 1 N–H and O–H groups in total. The number of hydrogen-bond donors (Lipinski definition) is 1. The quantitative estimate of drug-likeness (QED) is 0.447. The summed E-state index contributed by atoms with van der Waals surface area (Å²) in [5.74, 6) is 0.170. The van der Waals surface area contributed by atoms with E-state index < -0.39 is 5.97 Å². The summed E-state index contributed by atoms with van der Waals surface area (Å²) in [4.78, 5) is 10.4. The monoisotopic (exact) mass is 256 g/mol. The highest BCUT2D eigenvalue weighted by Crippen LogP contribution is 2.21. The van der Waals surface area contributed by atoms with Gasteiger partial charge in [0.25, 0.3) is 0 Å². The van der Waals surface area contributed by atoms with Gasteiger partial charge in [0, 0.05) is 6.42 Å². The minimum atomic E-state index is -0.654. The smallest absolute Gasteiger partial charge is 0.303 e. The summed E-state index contributed by atoms with van der Waals surface area (Å²) in [6.07, 6.45) is 14.3. The first-order valence-corrected chi connectivity index (χ1v) is 7.92. The van der Waals surface area contributed by atoms with Crippen LogP contribution in [0.4, 0.5) is 0 Å². The van der Waals surface area contributed by atoms with Gasteiger partial charge in [-0.15, -0.1) is 0 Å². The molecular formula is C16H32O2. The van der Waals surface area contributed by atoms with E-state index in [4.69, 9.17) is 5.11 Å². The second-order valence-electron chi connectivity index (χ2n) is 5.47. The van der Waals surface area contributed by atoms with Crippen molar-refractivity contribution in [3.8, 4) is 0 Å². The van der Waals surface area contributed by atoms with Crippen molar-refractivity contribution in [2.45, 2.75) is 90.9 Å². The highest BCUT2D eigenvalue weighted by atomic mass is 16.4. The van der Waals surface area contributed by atoms with Gasteiger partial charge in [-0.05, 0) is 12.3 Å². The van der Waals surface area contributed by atoms with Gasteiger partial charge >= 0.3 is 5.97 Å². The Morgan fingerprint density at radius 3 is 2.00 bits per heavy atom.